The zero-order valence-corrected chi connectivity index (χ0v) is 15.0. The van der Waals surface area contributed by atoms with E-state index in [4.69, 9.17) is 11.6 Å². The van der Waals surface area contributed by atoms with Crippen LogP contribution in [0.2, 0.25) is 5.02 Å². The van der Waals surface area contributed by atoms with Crippen LogP contribution >= 0.6 is 11.6 Å². The van der Waals surface area contributed by atoms with Crippen LogP contribution in [0, 0.1) is 13.8 Å². The van der Waals surface area contributed by atoms with Gasteiger partial charge in [-0.25, -0.2) is 0 Å². The number of rotatable bonds is 5. The van der Waals surface area contributed by atoms with Gasteiger partial charge in [-0.15, -0.1) is 0 Å². The number of aromatic nitrogens is 1. The normalized spacial score (nSPS) is 11.5. The van der Waals surface area contributed by atoms with Crippen molar-refractivity contribution >= 4 is 11.6 Å². The number of pyridine rings is 1. The molecule has 1 heterocycles. The Morgan fingerprint density at radius 3 is 2.45 bits per heavy atom. The van der Waals surface area contributed by atoms with Crippen LogP contribution in [0.5, 0.6) is 0 Å². The summed E-state index contributed by atoms with van der Waals surface area (Å²) in [7, 11) is 1.99. The standard InChI is InChI=1S/C17H21ClN2.C2H6/c1-12-5-4-8-20-17(12)15(11-19-3)10-14-6-7-16(18)9-13(14)2;1-2/h4-9,15,19H,10-11H2,1-3H3;1-2H3/t15-;/m0./s1. The molecule has 0 saturated heterocycles. The molecule has 2 rings (SSSR count). The molecule has 0 aliphatic heterocycles. The van der Waals surface area contributed by atoms with Gasteiger partial charge in [0.25, 0.3) is 0 Å². The molecule has 1 N–H and O–H groups in total. The third kappa shape index (κ3) is 5.11. The monoisotopic (exact) mass is 318 g/mol. The molecule has 0 radical (unpaired) electrons. The molecule has 0 saturated carbocycles. The van der Waals surface area contributed by atoms with Crippen LogP contribution in [-0.4, -0.2) is 18.6 Å². The van der Waals surface area contributed by atoms with Crippen molar-refractivity contribution < 1.29 is 0 Å². The maximum atomic E-state index is 6.03. The molecule has 3 heteroatoms. The molecule has 2 nitrogen and oxygen atoms in total. The Morgan fingerprint density at radius 2 is 1.86 bits per heavy atom. The van der Waals surface area contributed by atoms with Gasteiger partial charge in [0.2, 0.25) is 0 Å². The molecule has 0 bridgehead atoms. The van der Waals surface area contributed by atoms with E-state index in [0.29, 0.717) is 5.92 Å². The van der Waals surface area contributed by atoms with Crippen LogP contribution in [0.25, 0.3) is 0 Å². The number of benzene rings is 1. The lowest BCUT2D eigenvalue weighted by atomic mass is 9.91. The largest absolute Gasteiger partial charge is 0.319 e. The van der Waals surface area contributed by atoms with Crippen molar-refractivity contribution in [1.29, 1.82) is 0 Å². The highest BCUT2D eigenvalue weighted by Gasteiger charge is 2.16. The lowest BCUT2D eigenvalue weighted by Gasteiger charge is -2.19. The van der Waals surface area contributed by atoms with Crippen LogP contribution in [0.15, 0.2) is 36.5 Å². The average molecular weight is 319 g/mol. The van der Waals surface area contributed by atoms with Gasteiger partial charge in [0, 0.05) is 29.4 Å². The molecule has 0 spiro atoms. The van der Waals surface area contributed by atoms with Gasteiger partial charge in [0.05, 0.1) is 0 Å². The van der Waals surface area contributed by atoms with Gasteiger partial charge < -0.3 is 5.32 Å². The predicted octanol–water partition coefficient (Wildman–Crippen LogP) is 4.92. The summed E-state index contributed by atoms with van der Waals surface area (Å²) in [5, 5.41) is 4.08. The van der Waals surface area contributed by atoms with Crippen LogP contribution in [0.4, 0.5) is 0 Å². The van der Waals surface area contributed by atoms with Gasteiger partial charge in [-0.3, -0.25) is 4.98 Å². The average Bonchev–Trinajstić information content (AvgIpc) is 2.52. The predicted molar refractivity (Wildman–Crippen MR) is 96.9 cm³/mol. The second kappa shape index (κ2) is 9.60. The fraction of sp³-hybridized carbons (Fsp3) is 0.421. The molecule has 22 heavy (non-hydrogen) atoms. The smallest absolute Gasteiger partial charge is 0.0479 e. The first-order valence-corrected chi connectivity index (χ1v) is 8.30. The summed E-state index contributed by atoms with van der Waals surface area (Å²) in [5.41, 5.74) is 5.00. The molecule has 2 aromatic rings. The third-order valence-electron chi connectivity index (χ3n) is 3.66. The Morgan fingerprint density at radius 1 is 1.14 bits per heavy atom. The van der Waals surface area contributed by atoms with Gasteiger partial charge >= 0.3 is 0 Å². The molecule has 120 valence electrons. The summed E-state index contributed by atoms with van der Waals surface area (Å²) >= 11 is 6.03. The summed E-state index contributed by atoms with van der Waals surface area (Å²) < 4.78 is 0. The minimum absolute atomic E-state index is 0.376. The minimum atomic E-state index is 0.376. The second-order valence-corrected chi connectivity index (χ2v) is 5.67. The molecule has 0 fully saturated rings. The minimum Gasteiger partial charge on any atom is -0.319 e. The first-order chi connectivity index (χ1) is 10.6. The molecule has 1 atom stereocenters. The molecular formula is C19H27ClN2. The first-order valence-electron chi connectivity index (χ1n) is 7.93. The zero-order chi connectivity index (χ0) is 16.5. The Kier molecular flexibility index (Phi) is 8.15. The second-order valence-electron chi connectivity index (χ2n) is 5.24. The van der Waals surface area contributed by atoms with Crippen molar-refractivity contribution in [1.82, 2.24) is 10.3 Å². The Hall–Kier alpha value is -1.38. The molecule has 0 unspecified atom stereocenters. The summed E-state index contributed by atoms with van der Waals surface area (Å²) in [6.45, 7) is 9.16. The topological polar surface area (TPSA) is 24.9 Å². The van der Waals surface area contributed by atoms with Gasteiger partial charge in [-0.05, 0) is 62.2 Å². The van der Waals surface area contributed by atoms with Gasteiger partial charge in [0.15, 0.2) is 0 Å². The molecule has 0 amide bonds. The van der Waals surface area contributed by atoms with Crippen LogP contribution in [0.3, 0.4) is 0 Å². The number of aryl methyl sites for hydroxylation is 2. The third-order valence-corrected chi connectivity index (χ3v) is 3.89. The van der Waals surface area contributed by atoms with Crippen LogP contribution in [0.1, 0.15) is 42.1 Å². The SMILES string of the molecule is CC.CNC[C@H](Cc1ccc(Cl)cc1C)c1ncccc1C. The lowest BCUT2D eigenvalue weighted by molar-refractivity contribution is 0.606. The number of nitrogens with zero attached hydrogens (tertiary/aromatic N) is 1. The van der Waals surface area contributed by atoms with E-state index in [0.717, 1.165) is 18.0 Å². The van der Waals surface area contributed by atoms with Crippen LogP contribution in [-0.2, 0) is 6.42 Å². The summed E-state index contributed by atoms with van der Waals surface area (Å²) in [4.78, 5) is 4.57. The fourth-order valence-corrected chi connectivity index (χ4v) is 2.82. The molecule has 1 aromatic carbocycles. The van der Waals surface area contributed by atoms with Crippen molar-refractivity contribution in [3.63, 3.8) is 0 Å². The van der Waals surface area contributed by atoms with Crippen molar-refractivity contribution in [2.24, 2.45) is 0 Å². The Labute approximate surface area is 139 Å². The van der Waals surface area contributed by atoms with E-state index in [9.17, 15) is 0 Å². The van der Waals surface area contributed by atoms with E-state index < -0.39 is 0 Å². The van der Waals surface area contributed by atoms with Crippen molar-refractivity contribution in [3.05, 3.63) is 63.9 Å². The Balaban J connectivity index is 0.00000116. The molecular weight excluding hydrogens is 292 g/mol. The maximum Gasteiger partial charge on any atom is 0.0479 e. The highest BCUT2D eigenvalue weighted by atomic mass is 35.5. The number of halogens is 1. The fourth-order valence-electron chi connectivity index (χ4n) is 2.59. The van der Waals surface area contributed by atoms with E-state index in [2.05, 4.69) is 36.3 Å². The van der Waals surface area contributed by atoms with Crippen molar-refractivity contribution in [3.8, 4) is 0 Å². The molecule has 1 aromatic heterocycles. The number of nitrogens with one attached hydrogen (secondary N) is 1. The van der Waals surface area contributed by atoms with Crippen LogP contribution < -0.4 is 5.32 Å². The Bertz CT molecular complexity index is 581. The summed E-state index contributed by atoms with van der Waals surface area (Å²) in [6, 6.07) is 10.2. The van der Waals surface area contributed by atoms with E-state index >= 15 is 0 Å². The number of likely N-dealkylation sites (N-methyl/N-ethyl adjacent to an activating group) is 1. The highest BCUT2D eigenvalue weighted by Crippen LogP contribution is 2.24. The van der Waals surface area contributed by atoms with Crippen molar-refractivity contribution in [2.75, 3.05) is 13.6 Å². The van der Waals surface area contributed by atoms with E-state index in [1.807, 2.05) is 45.3 Å². The zero-order valence-electron chi connectivity index (χ0n) is 14.3. The lowest BCUT2D eigenvalue weighted by Crippen LogP contribution is -2.21. The van der Waals surface area contributed by atoms with Crippen molar-refractivity contribution in [2.45, 2.75) is 40.0 Å². The summed E-state index contributed by atoms with van der Waals surface area (Å²) in [6.07, 6.45) is 2.85. The van der Waals surface area contributed by atoms with Gasteiger partial charge in [0.1, 0.15) is 0 Å². The van der Waals surface area contributed by atoms with Gasteiger partial charge in [-0.1, -0.05) is 37.6 Å². The van der Waals surface area contributed by atoms with E-state index in [-0.39, 0.29) is 0 Å². The van der Waals surface area contributed by atoms with E-state index in [1.165, 1.54) is 22.4 Å². The first kappa shape index (κ1) is 18.7. The number of hydrogen-bond donors (Lipinski definition) is 1. The molecule has 0 aliphatic rings. The molecule has 0 aliphatic carbocycles. The highest BCUT2D eigenvalue weighted by molar-refractivity contribution is 6.30. The van der Waals surface area contributed by atoms with E-state index in [1.54, 1.807) is 0 Å². The summed E-state index contributed by atoms with van der Waals surface area (Å²) in [5.74, 6) is 0.376. The maximum absolute atomic E-state index is 6.03. The van der Waals surface area contributed by atoms with Gasteiger partial charge in [-0.2, -0.15) is 0 Å². The quantitative estimate of drug-likeness (QED) is 0.846. The number of hydrogen-bond acceptors (Lipinski definition) is 2.